The van der Waals surface area contributed by atoms with Crippen LogP contribution in [0.4, 0.5) is 17.6 Å². The van der Waals surface area contributed by atoms with Gasteiger partial charge in [0.2, 0.25) is 21.7 Å². The van der Waals surface area contributed by atoms with Gasteiger partial charge in [0.1, 0.15) is 17.7 Å². The van der Waals surface area contributed by atoms with Crippen LogP contribution in [-0.2, 0) is 15.8 Å². The van der Waals surface area contributed by atoms with E-state index in [2.05, 4.69) is 10.3 Å². The van der Waals surface area contributed by atoms with E-state index in [0.717, 1.165) is 12.8 Å². The van der Waals surface area contributed by atoms with Crippen LogP contribution >= 0.6 is 0 Å². The SMILES string of the molecule is COc1cc(-n2cnc(Nc3nc(N4CCC[C@H]4CO)nc4ccn(S(=O)(=O)Cc5ccccc5)c34)c2)cc(OC)c1OC. The molecule has 230 valence electrons. The van der Waals surface area contributed by atoms with Crippen molar-refractivity contribution < 1.29 is 27.7 Å². The molecule has 0 bridgehead atoms. The lowest BCUT2D eigenvalue weighted by Gasteiger charge is -2.23. The molecule has 1 aliphatic rings. The zero-order chi connectivity index (χ0) is 30.8. The Bertz CT molecular complexity index is 1870. The number of methoxy groups -OCH3 is 3. The van der Waals surface area contributed by atoms with Gasteiger partial charge in [0.25, 0.3) is 0 Å². The van der Waals surface area contributed by atoms with Crippen LogP contribution < -0.4 is 24.4 Å². The van der Waals surface area contributed by atoms with Crippen LogP contribution in [0.15, 0.2) is 67.3 Å². The molecular formula is C30H33N7O6S. The normalized spacial score (nSPS) is 15.1. The molecule has 2 N–H and O–H groups in total. The van der Waals surface area contributed by atoms with E-state index >= 15 is 0 Å². The van der Waals surface area contributed by atoms with E-state index in [1.54, 1.807) is 73.8 Å². The molecule has 0 radical (unpaired) electrons. The van der Waals surface area contributed by atoms with Crippen molar-refractivity contribution in [3.63, 3.8) is 0 Å². The highest BCUT2D eigenvalue weighted by Gasteiger charge is 2.29. The highest BCUT2D eigenvalue weighted by atomic mass is 32.2. The number of hydrogen-bond acceptors (Lipinski definition) is 11. The molecule has 1 saturated heterocycles. The van der Waals surface area contributed by atoms with E-state index in [0.29, 0.717) is 57.8 Å². The van der Waals surface area contributed by atoms with Crippen LogP contribution in [0.5, 0.6) is 17.2 Å². The molecule has 6 rings (SSSR count). The summed E-state index contributed by atoms with van der Waals surface area (Å²) in [6.07, 6.45) is 6.55. The summed E-state index contributed by atoms with van der Waals surface area (Å²) in [5.41, 5.74) is 2.10. The van der Waals surface area contributed by atoms with Gasteiger partial charge in [0.05, 0.1) is 57.1 Å². The van der Waals surface area contributed by atoms with Crippen molar-refractivity contribution in [2.24, 2.45) is 0 Å². The summed E-state index contributed by atoms with van der Waals surface area (Å²) in [5.74, 6) is 2.32. The number of aliphatic hydroxyl groups is 1. The van der Waals surface area contributed by atoms with Gasteiger partial charge in [-0.3, -0.25) is 0 Å². The third kappa shape index (κ3) is 5.49. The first kappa shape index (κ1) is 29.3. The van der Waals surface area contributed by atoms with Crippen molar-refractivity contribution in [3.05, 3.63) is 72.8 Å². The molecule has 2 aromatic carbocycles. The molecule has 0 saturated carbocycles. The molecule has 0 unspecified atom stereocenters. The van der Waals surface area contributed by atoms with Gasteiger partial charge in [-0.15, -0.1) is 0 Å². The zero-order valence-electron chi connectivity index (χ0n) is 24.5. The third-order valence-electron chi connectivity index (χ3n) is 7.60. The Hall–Kier alpha value is -4.82. The summed E-state index contributed by atoms with van der Waals surface area (Å²) < 4.78 is 46.7. The van der Waals surface area contributed by atoms with Gasteiger partial charge in [-0.05, 0) is 24.5 Å². The molecule has 0 amide bonds. The van der Waals surface area contributed by atoms with E-state index in [1.807, 2.05) is 11.0 Å². The van der Waals surface area contributed by atoms with Crippen molar-refractivity contribution in [2.75, 3.05) is 44.7 Å². The van der Waals surface area contributed by atoms with Crippen LogP contribution in [0.2, 0.25) is 0 Å². The minimum atomic E-state index is -3.84. The third-order valence-corrected chi connectivity index (χ3v) is 9.20. The number of fused-ring (bicyclic) bond motifs is 1. The molecule has 14 heteroatoms. The molecule has 44 heavy (non-hydrogen) atoms. The molecule has 1 aliphatic heterocycles. The summed E-state index contributed by atoms with van der Waals surface area (Å²) in [5, 5.41) is 13.2. The number of nitrogens with one attached hydrogen (secondary N) is 1. The van der Waals surface area contributed by atoms with Gasteiger partial charge in [-0.2, -0.15) is 4.98 Å². The summed E-state index contributed by atoms with van der Waals surface area (Å²) in [6.45, 7) is 0.648. The second kappa shape index (κ2) is 12.1. The molecular weight excluding hydrogens is 586 g/mol. The van der Waals surface area contributed by atoms with Gasteiger partial charge in [0, 0.05) is 24.9 Å². The van der Waals surface area contributed by atoms with Crippen molar-refractivity contribution in [1.29, 1.82) is 0 Å². The average Bonchev–Trinajstić information content (AvgIpc) is 3.80. The number of nitrogens with zero attached hydrogens (tertiary/aromatic N) is 6. The van der Waals surface area contributed by atoms with Gasteiger partial charge in [-0.1, -0.05) is 30.3 Å². The van der Waals surface area contributed by atoms with Gasteiger partial charge in [-0.25, -0.2) is 22.4 Å². The molecule has 1 fully saturated rings. The maximum absolute atomic E-state index is 13.7. The maximum atomic E-state index is 13.7. The quantitative estimate of drug-likeness (QED) is 0.223. The number of anilines is 3. The monoisotopic (exact) mass is 619 g/mol. The number of hydrogen-bond donors (Lipinski definition) is 2. The van der Waals surface area contributed by atoms with E-state index in [-0.39, 0.29) is 24.2 Å². The Labute approximate surface area is 254 Å². The predicted octanol–water partition coefficient (Wildman–Crippen LogP) is 3.73. The van der Waals surface area contributed by atoms with Crippen LogP contribution in [0.3, 0.4) is 0 Å². The summed E-state index contributed by atoms with van der Waals surface area (Å²) in [4.78, 5) is 16.0. The molecule has 3 aromatic heterocycles. The number of imidazole rings is 1. The first-order chi connectivity index (χ1) is 21.3. The Morgan fingerprint density at radius 3 is 2.45 bits per heavy atom. The van der Waals surface area contributed by atoms with Crippen molar-refractivity contribution in [2.45, 2.75) is 24.6 Å². The Morgan fingerprint density at radius 2 is 1.77 bits per heavy atom. The first-order valence-corrected chi connectivity index (χ1v) is 15.6. The van der Waals surface area contributed by atoms with Crippen LogP contribution in [0.25, 0.3) is 16.7 Å². The van der Waals surface area contributed by atoms with Crippen molar-refractivity contribution in [1.82, 2.24) is 23.5 Å². The van der Waals surface area contributed by atoms with Crippen LogP contribution in [-0.4, -0.2) is 77.5 Å². The lowest BCUT2D eigenvalue weighted by Crippen LogP contribution is -2.33. The maximum Gasteiger partial charge on any atom is 0.243 e. The smallest absolute Gasteiger partial charge is 0.243 e. The Kier molecular flexibility index (Phi) is 8.01. The molecule has 0 aliphatic carbocycles. The molecule has 5 aromatic rings. The fourth-order valence-electron chi connectivity index (χ4n) is 5.46. The van der Waals surface area contributed by atoms with Crippen LogP contribution in [0.1, 0.15) is 18.4 Å². The summed E-state index contributed by atoms with van der Waals surface area (Å²) in [6, 6.07) is 14.1. The van der Waals surface area contributed by atoms with E-state index in [1.165, 1.54) is 17.3 Å². The first-order valence-electron chi connectivity index (χ1n) is 14.0. The van der Waals surface area contributed by atoms with Crippen LogP contribution in [0, 0.1) is 0 Å². The number of benzene rings is 2. The topological polar surface area (TPSA) is 146 Å². The standard InChI is InChI=1S/C30H33N7O6S/c1-41-24-14-22(15-25(42-2)28(24)43-3)35-16-26(31-19-35)33-29-27-23(32-30(34-29)36-12-7-10-21(36)17-38)11-13-37(27)44(39,40)18-20-8-5-4-6-9-20/h4-6,8-9,11,13-16,19,21,38H,7,10,12,17-18H2,1-3H3,(H,32,33,34)/t21-/m0/s1. The molecule has 0 spiro atoms. The van der Waals surface area contributed by atoms with E-state index in [9.17, 15) is 13.5 Å². The lowest BCUT2D eigenvalue weighted by molar-refractivity contribution is 0.265. The summed E-state index contributed by atoms with van der Waals surface area (Å²) in [7, 11) is 0.786. The largest absolute Gasteiger partial charge is 0.493 e. The van der Waals surface area contributed by atoms with E-state index < -0.39 is 10.0 Å². The zero-order valence-corrected chi connectivity index (χ0v) is 25.4. The molecule has 13 nitrogen and oxygen atoms in total. The summed E-state index contributed by atoms with van der Waals surface area (Å²) >= 11 is 0. The predicted molar refractivity (Wildman–Crippen MR) is 166 cm³/mol. The molecule has 1 atom stereocenters. The van der Waals surface area contributed by atoms with Gasteiger partial charge < -0.3 is 34.1 Å². The van der Waals surface area contributed by atoms with E-state index in [4.69, 9.17) is 24.2 Å². The number of rotatable bonds is 11. The second-order valence-electron chi connectivity index (χ2n) is 10.3. The molecule has 4 heterocycles. The minimum absolute atomic E-state index is 0.0319. The van der Waals surface area contributed by atoms with Crippen molar-refractivity contribution >= 4 is 38.6 Å². The van der Waals surface area contributed by atoms with Crippen molar-refractivity contribution in [3.8, 4) is 22.9 Å². The Morgan fingerprint density at radius 1 is 1.02 bits per heavy atom. The Balaban J connectivity index is 1.42. The fourth-order valence-corrected chi connectivity index (χ4v) is 6.92. The number of aromatic nitrogens is 5. The van der Waals surface area contributed by atoms with Gasteiger partial charge >= 0.3 is 0 Å². The highest BCUT2D eigenvalue weighted by molar-refractivity contribution is 7.89. The number of aliphatic hydroxyl groups excluding tert-OH is 1. The average molecular weight is 620 g/mol. The minimum Gasteiger partial charge on any atom is -0.493 e. The lowest BCUT2D eigenvalue weighted by atomic mass is 10.2. The van der Waals surface area contributed by atoms with Gasteiger partial charge in [0.15, 0.2) is 17.3 Å². The number of ether oxygens (including phenoxy) is 3. The fraction of sp³-hybridized carbons (Fsp3) is 0.300. The second-order valence-corrected chi connectivity index (χ2v) is 12.2. The highest BCUT2D eigenvalue weighted by Crippen LogP contribution is 2.39.